The van der Waals surface area contributed by atoms with E-state index in [1.165, 1.54) is 13.4 Å². The molecule has 0 aliphatic heterocycles. The maximum atomic E-state index is 11.7. The van der Waals surface area contributed by atoms with Crippen LogP contribution >= 0.6 is 0 Å². The molecule has 0 fully saturated rings. The summed E-state index contributed by atoms with van der Waals surface area (Å²) in [6.45, 7) is -0.218. The van der Waals surface area contributed by atoms with E-state index in [0.717, 1.165) is 0 Å². The number of furan rings is 1. The number of aliphatic hydroxyl groups is 1. The van der Waals surface area contributed by atoms with Gasteiger partial charge in [-0.25, -0.2) is 0 Å². The molecule has 0 bridgehead atoms. The first-order chi connectivity index (χ1) is 9.24. The Morgan fingerprint density at radius 2 is 2.16 bits per heavy atom. The first kappa shape index (κ1) is 13.2. The number of rotatable bonds is 6. The summed E-state index contributed by atoms with van der Waals surface area (Å²) in [7, 11) is 1.50. The quantitative estimate of drug-likeness (QED) is 0.807. The molecule has 0 atom stereocenters. The fourth-order valence-corrected chi connectivity index (χ4v) is 1.58. The fraction of sp³-hybridized carbons (Fsp3) is 0.214. The van der Waals surface area contributed by atoms with Gasteiger partial charge >= 0.3 is 0 Å². The summed E-state index contributed by atoms with van der Waals surface area (Å²) >= 11 is 0. The number of ether oxygens (including phenoxy) is 2. The Kier molecular flexibility index (Phi) is 4.20. The highest BCUT2D eigenvalue weighted by Gasteiger charge is 2.12. The molecule has 0 saturated heterocycles. The van der Waals surface area contributed by atoms with Crippen LogP contribution in [0.3, 0.4) is 0 Å². The Labute approximate surface area is 110 Å². The lowest BCUT2D eigenvalue weighted by atomic mass is 10.2. The lowest BCUT2D eigenvalue weighted by Gasteiger charge is -2.10. The standard InChI is InChI=1S/C14H14O5/c1-17-14-7-10(8-15)4-5-13(14)19-9-11(16)12-3-2-6-18-12/h2-7,15H,8-9H2,1H3. The van der Waals surface area contributed by atoms with Crippen LogP contribution in [0.4, 0.5) is 0 Å². The van der Waals surface area contributed by atoms with Gasteiger partial charge in [0.05, 0.1) is 20.0 Å². The van der Waals surface area contributed by atoms with Crippen molar-refractivity contribution < 1.29 is 23.8 Å². The van der Waals surface area contributed by atoms with Crippen LogP contribution in [0.1, 0.15) is 16.1 Å². The van der Waals surface area contributed by atoms with Crippen LogP contribution in [0.2, 0.25) is 0 Å². The minimum absolute atomic E-state index is 0.0814. The van der Waals surface area contributed by atoms with E-state index in [-0.39, 0.29) is 24.8 Å². The van der Waals surface area contributed by atoms with Crippen molar-refractivity contribution >= 4 is 5.78 Å². The van der Waals surface area contributed by atoms with Crippen LogP contribution in [0, 0.1) is 0 Å². The van der Waals surface area contributed by atoms with Gasteiger partial charge < -0.3 is 19.0 Å². The molecule has 1 N–H and O–H groups in total. The molecule has 1 aromatic carbocycles. The van der Waals surface area contributed by atoms with Crippen LogP contribution < -0.4 is 9.47 Å². The van der Waals surface area contributed by atoms with Crippen molar-refractivity contribution in [2.75, 3.05) is 13.7 Å². The number of ketones is 1. The Morgan fingerprint density at radius 1 is 1.32 bits per heavy atom. The third kappa shape index (κ3) is 3.14. The first-order valence-electron chi connectivity index (χ1n) is 5.72. The van der Waals surface area contributed by atoms with Crippen LogP contribution in [-0.4, -0.2) is 24.6 Å². The monoisotopic (exact) mass is 262 g/mol. The van der Waals surface area contributed by atoms with E-state index in [9.17, 15) is 4.79 Å². The second kappa shape index (κ2) is 6.06. The van der Waals surface area contributed by atoms with E-state index in [4.69, 9.17) is 19.0 Å². The summed E-state index contributed by atoms with van der Waals surface area (Å²) in [5, 5.41) is 9.03. The lowest BCUT2D eigenvalue weighted by molar-refractivity contribution is 0.0891. The van der Waals surface area contributed by atoms with Crippen molar-refractivity contribution in [3.8, 4) is 11.5 Å². The SMILES string of the molecule is COc1cc(CO)ccc1OCC(=O)c1ccco1. The van der Waals surface area contributed by atoms with Gasteiger partial charge in [0, 0.05) is 0 Å². The Hall–Kier alpha value is -2.27. The molecular formula is C14H14O5. The van der Waals surface area contributed by atoms with Gasteiger partial charge in [0.25, 0.3) is 0 Å². The summed E-state index contributed by atoms with van der Waals surface area (Å²) in [4.78, 5) is 11.7. The van der Waals surface area contributed by atoms with E-state index < -0.39 is 0 Å². The molecule has 19 heavy (non-hydrogen) atoms. The van der Waals surface area contributed by atoms with Gasteiger partial charge in [0.15, 0.2) is 23.9 Å². The zero-order chi connectivity index (χ0) is 13.7. The third-order valence-electron chi connectivity index (χ3n) is 2.57. The Bertz CT molecular complexity index is 545. The maximum absolute atomic E-state index is 11.7. The minimum Gasteiger partial charge on any atom is -0.493 e. The van der Waals surface area contributed by atoms with Crippen molar-refractivity contribution in [2.24, 2.45) is 0 Å². The van der Waals surface area contributed by atoms with Crippen molar-refractivity contribution in [2.45, 2.75) is 6.61 Å². The molecule has 0 aliphatic carbocycles. The van der Waals surface area contributed by atoms with Gasteiger partial charge in [0.2, 0.25) is 5.78 Å². The van der Waals surface area contributed by atoms with E-state index >= 15 is 0 Å². The average molecular weight is 262 g/mol. The van der Waals surface area contributed by atoms with Gasteiger partial charge in [-0.1, -0.05) is 6.07 Å². The summed E-state index contributed by atoms with van der Waals surface area (Å²) in [5.74, 6) is 0.919. The molecule has 0 spiro atoms. The van der Waals surface area contributed by atoms with Crippen molar-refractivity contribution in [1.29, 1.82) is 0 Å². The van der Waals surface area contributed by atoms with E-state index in [2.05, 4.69) is 0 Å². The summed E-state index contributed by atoms with van der Waals surface area (Å²) in [6, 6.07) is 8.24. The predicted octanol–water partition coefficient (Wildman–Crippen LogP) is 2.04. The molecule has 0 radical (unpaired) electrons. The first-order valence-corrected chi connectivity index (χ1v) is 5.72. The molecule has 2 rings (SSSR count). The number of hydrogen-bond acceptors (Lipinski definition) is 5. The zero-order valence-corrected chi connectivity index (χ0v) is 10.5. The van der Waals surface area contributed by atoms with Crippen molar-refractivity contribution in [1.82, 2.24) is 0 Å². The molecule has 0 aliphatic rings. The Morgan fingerprint density at radius 3 is 2.79 bits per heavy atom. The molecule has 5 nitrogen and oxygen atoms in total. The third-order valence-corrected chi connectivity index (χ3v) is 2.57. The van der Waals surface area contributed by atoms with E-state index in [1.807, 2.05) is 0 Å². The number of carbonyl (C=O) groups is 1. The van der Waals surface area contributed by atoms with Crippen LogP contribution in [0.15, 0.2) is 41.0 Å². The number of carbonyl (C=O) groups excluding carboxylic acids is 1. The fourth-order valence-electron chi connectivity index (χ4n) is 1.58. The van der Waals surface area contributed by atoms with Crippen molar-refractivity contribution in [3.63, 3.8) is 0 Å². The maximum Gasteiger partial charge on any atom is 0.235 e. The normalized spacial score (nSPS) is 10.2. The second-order valence-electron chi connectivity index (χ2n) is 3.83. The smallest absolute Gasteiger partial charge is 0.235 e. The molecule has 0 saturated carbocycles. The second-order valence-corrected chi connectivity index (χ2v) is 3.83. The highest BCUT2D eigenvalue weighted by atomic mass is 16.5. The van der Waals surface area contributed by atoms with Crippen LogP contribution in [0.5, 0.6) is 11.5 Å². The number of benzene rings is 1. The molecule has 2 aromatic rings. The summed E-state index contributed by atoms with van der Waals surface area (Å²) in [5.41, 5.74) is 0.710. The van der Waals surface area contributed by atoms with Gasteiger partial charge in [-0.3, -0.25) is 4.79 Å². The zero-order valence-electron chi connectivity index (χ0n) is 10.5. The van der Waals surface area contributed by atoms with Crippen molar-refractivity contribution in [3.05, 3.63) is 47.9 Å². The van der Waals surface area contributed by atoms with Gasteiger partial charge in [0.1, 0.15) is 0 Å². The Balaban J connectivity index is 2.05. The average Bonchev–Trinajstić information content (AvgIpc) is 2.98. The number of methoxy groups -OCH3 is 1. The summed E-state index contributed by atoms with van der Waals surface area (Å²) < 4.78 is 15.5. The molecular weight excluding hydrogens is 248 g/mol. The molecule has 1 heterocycles. The molecule has 0 amide bonds. The molecule has 1 aromatic heterocycles. The van der Waals surface area contributed by atoms with Crippen LogP contribution in [-0.2, 0) is 6.61 Å². The summed E-state index contributed by atoms with van der Waals surface area (Å²) in [6.07, 6.45) is 1.43. The van der Waals surface area contributed by atoms with E-state index in [0.29, 0.717) is 17.1 Å². The molecule has 100 valence electrons. The number of Topliss-reactive ketones (excluding diaryl/α,β-unsaturated/α-hetero) is 1. The lowest BCUT2D eigenvalue weighted by Crippen LogP contribution is -2.11. The highest BCUT2D eigenvalue weighted by Crippen LogP contribution is 2.28. The molecule has 0 unspecified atom stereocenters. The van der Waals surface area contributed by atoms with Gasteiger partial charge in [-0.2, -0.15) is 0 Å². The minimum atomic E-state index is -0.252. The predicted molar refractivity (Wildman–Crippen MR) is 67.5 cm³/mol. The van der Waals surface area contributed by atoms with Gasteiger partial charge in [-0.05, 0) is 29.8 Å². The van der Waals surface area contributed by atoms with E-state index in [1.54, 1.807) is 30.3 Å². The largest absolute Gasteiger partial charge is 0.493 e. The van der Waals surface area contributed by atoms with Gasteiger partial charge in [-0.15, -0.1) is 0 Å². The molecule has 5 heteroatoms. The number of hydrogen-bond donors (Lipinski definition) is 1. The van der Waals surface area contributed by atoms with Crippen LogP contribution in [0.25, 0.3) is 0 Å². The topological polar surface area (TPSA) is 68.9 Å². The highest BCUT2D eigenvalue weighted by molar-refractivity contribution is 5.94. The number of aliphatic hydroxyl groups excluding tert-OH is 1.